The van der Waals surface area contributed by atoms with Gasteiger partial charge in [0.05, 0.1) is 17.7 Å². The van der Waals surface area contributed by atoms with E-state index in [4.69, 9.17) is 9.47 Å². The second-order valence-corrected chi connectivity index (χ2v) is 8.81. The van der Waals surface area contributed by atoms with Crippen LogP contribution in [0.3, 0.4) is 0 Å². The number of hydrogen-bond acceptors (Lipinski definition) is 5. The van der Waals surface area contributed by atoms with Gasteiger partial charge in [-0.1, -0.05) is 25.1 Å². The topological polar surface area (TPSA) is 88.2 Å². The van der Waals surface area contributed by atoms with Crippen LogP contribution in [0.5, 0.6) is 5.75 Å². The average Bonchev–Trinajstić information content (AvgIpc) is 2.83. The number of ether oxygens (including phenoxy) is 2. The lowest BCUT2D eigenvalue weighted by atomic mass is 10.0. The highest BCUT2D eigenvalue weighted by atomic mass is 16.5. The largest absolute Gasteiger partial charge is 0.491 e. The average molecular weight is 468 g/mol. The molecule has 1 heterocycles. The lowest BCUT2D eigenvalue weighted by Gasteiger charge is -2.36. The van der Waals surface area contributed by atoms with Gasteiger partial charge in [0.2, 0.25) is 5.91 Å². The number of likely N-dealkylation sites (N-methyl/N-ethyl adjacent to an activating group) is 1. The van der Waals surface area contributed by atoms with Gasteiger partial charge in [0.25, 0.3) is 11.8 Å². The number of fused-ring (bicyclic) bond motifs is 1. The van der Waals surface area contributed by atoms with Crippen molar-refractivity contribution >= 4 is 23.4 Å². The molecule has 8 heteroatoms. The van der Waals surface area contributed by atoms with Crippen molar-refractivity contribution in [3.05, 3.63) is 59.7 Å². The molecule has 3 rings (SSSR count). The Hall–Kier alpha value is -3.39. The summed E-state index contributed by atoms with van der Waals surface area (Å²) in [5, 5.41) is 2.71. The number of methoxy groups -OCH3 is 1. The molecular formula is C26H33N3O5. The second kappa shape index (κ2) is 11.2. The maximum atomic E-state index is 13.4. The fraction of sp³-hybridized carbons (Fsp3) is 0.423. The summed E-state index contributed by atoms with van der Waals surface area (Å²) in [4.78, 5) is 41.6. The highest BCUT2D eigenvalue weighted by molar-refractivity contribution is 5.99. The van der Waals surface area contributed by atoms with Gasteiger partial charge in [0.15, 0.2) is 0 Å². The predicted octanol–water partition coefficient (Wildman–Crippen LogP) is 3.29. The summed E-state index contributed by atoms with van der Waals surface area (Å²) >= 11 is 0. The number of rotatable bonds is 3. The van der Waals surface area contributed by atoms with Crippen LogP contribution in [0.2, 0.25) is 0 Å². The van der Waals surface area contributed by atoms with E-state index in [9.17, 15) is 14.4 Å². The van der Waals surface area contributed by atoms with Crippen LogP contribution < -0.4 is 10.1 Å². The number of carbonyl (C=O) groups is 3. The van der Waals surface area contributed by atoms with Crippen molar-refractivity contribution in [1.82, 2.24) is 9.80 Å². The zero-order chi connectivity index (χ0) is 24.8. The van der Waals surface area contributed by atoms with Crippen molar-refractivity contribution < 1.29 is 23.9 Å². The molecule has 0 aliphatic carbocycles. The summed E-state index contributed by atoms with van der Waals surface area (Å²) in [7, 11) is 3.32. The number of carbonyl (C=O) groups excluding carboxylic acids is 3. The van der Waals surface area contributed by atoms with Gasteiger partial charge in [0, 0.05) is 51.3 Å². The Morgan fingerprint density at radius 3 is 2.44 bits per heavy atom. The molecule has 0 unspecified atom stereocenters. The lowest BCUT2D eigenvalue weighted by Crippen LogP contribution is -2.48. The SMILES string of the molecule is CO[C@@H]1CN(C)C(=O)c2cc(NC(C)=O)ccc2OC[C@H](C)N(C(=O)c2ccccc2)C[C@@H]1C. The molecule has 0 radical (unpaired) electrons. The van der Waals surface area contributed by atoms with Crippen molar-refractivity contribution in [2.45, 2.75) is 32.9 Å². The minimum Gasteiger partial charge on any atom is -0.491 e. The molecule has 0 aromatic heterocycles. The Bertz CT molecular complexity index is 1030. The molecule has 1 aliphatic heterocycles. The van der Waals surface area contributed by atoms with Crippen LogP contribution in [0, 0.1) is 5.92 Å². The first-order valence-electron chi connectivity index (χ1n) is 11.4. The van der Waals surface area contributed by atoms with Gasteiger partial charge < -0.3 is 24.6 Å². The molecule has 8 nitrogen and oxygen atoms in total. The van der Waals surface area contributed by atoms with E-state index in [0.717, 1.165) is 0 Å². The zero-order valence-corrected chi connectivity index (χ0v) is 20.4. The van der Waals surface area contributed by atoms with Gasteiger partial charge >= 0.3 is 0 Å². The van der Waals surface area contributed by atoms with Crippen LogP contribution in [0.25, 0.3) is 0 Å². The minimum atomic E-state index is -0.283. The van der Waals surface area contributed by atoms with Crippen molar-refractivity contribution in [1.29, 1.82) is 0 Å². The highest BCUT2D eigenvalue weighted by Gasteiger charge is 2.30. The van der Waals surface area contributed by atoms with Crippen LogP contribution in [-0.4, -0.2) is 73.5 Å². The van der Waals surface area contributed by atoms with Gasteiger partial charge in [-0.15, -0.1) is 0 Å². The first kappa shape index (κ1) is 25.2. The number of anilines is 1. The van der Waals surface area contributed by atoms with Gasteiger partial charge in [0.1, 0.15) is 12.4 Å². The van der Waals surface area contributed by atoms with Gasteiger partial charge in [-0.3, -0.25) is 14.4 Å². The Balaban J connectivity index is 1.99. The maximum absolute atomic E-state index is 13.4. The summed E-state index contributed by atoms with van der Waals surface area (Å²) < 4.78 is 11.8. The Kier molecular flexibility index (Phi) is 8.28. The van der Waals surface area contributed by atoms with E-state index in [1.54, 1.807) is 54.3 Å². The van der Waals surface area contributed by atoms with E-state index in [1.165, 1.54) is 6.92 Å². The van der Waals surface area contributed by atoms with Crippen molar-refractivity contribution in [3.63, 3.8) is 0 Å². The Labute approximate surface area is 200 Å². The van der Waals surface area contributed by atoms with Crippen molar-refractivity contribution in [3.8, 4) is 5.75 Å². The standard InChI is InChI=1S/C26H33N3O5/c1-17-14-29(25(31)20-9-7-6-8-10-20)18(2)16-34-23-12-11-21(27-19(3)30)13-22(23)26(32)28(4)15-24(17)33-5/h6-13,17-18,24H,14-16H2,1-5H3,(H,27,30)/t17-,18-,24+/m0/s1. The van der Waals surface area contributed by atoms with E-state index in [2.05, 4.69) is 5.32 Å². The smallest absolute Gasteiger partial charge is 0.257 e. The third-order valence-electron chi connectivity index (χ3n) is 6.05. The summed E-state index contributed by atoms with van der Waals surface area (Å²) in [6.45, 7) is 6.34. The summed E-state index contributed by atoms with van der Waals surface area (Å²) in [6, 6.07) is 13.9. The Morgan fingerprint density at radius 2 is 1.79 bits per heavy atom. The summed E-state index contributed by atoms with van der Waals surface area (Å²) in [6.07, 6.45) is -0.283. The van der Waals surface area contributed by atoms with Gasteiger partial charge in [-0.25, -0.2) is 0 Å². The third-order valence-corrected chi connectivity index (χ3v) is 6.05. The molecular weight excluding hydrogens is 434 g/mol. The second-order valence-electron chi connectivity index (χ2n) is 8.81. The van der Waals surface area contributed by atoms with Gasteiger partial charge in [-0.05, 0) is 37.3 Å². The molecule has 3 atom stereocenters. The lowest BCUT2D eigenvalue weighted by molar-refractivity contribution is -0.114. The van der Waals surface area contributed by atoms with Crippen molar-refractivity contribution in [2.75, 3.05) is 39.2 Å². The number of amides is 3. The highest BCUT2D eigenvalue weighted by Crippen LogP contribution is 2.27. The fourth-order valence-corrected chi connectivity index (χ4v) is 4.09. The summed E-state index contributed by atoms with van der Waals surface area (Å²) in [5.74, 6) is -0.192. The number of nitrogens with one attached hydrogen (secondary N) is 1. The number of hydrogen-bond donors (Lipinski definition) is 1. The molecule has 2 aromatic carbocycles. The van der Waals surface area contributed by atoms with E-state index in [0.29, 0.717) is 35.7 Å². The molecule has 1 N–H and O–H groups in total. The van der Waals surface area contributed by atoms with Gasteiger partial charge in [-0.2, -0.15) is 0 Å². The first-order valence-corrected chi connectivity index (χ1v) is 11.4. The van der Waals surface area contributed by atoms with Crippen LogP contribution in [0.1, 0.15) is 41.5 Å². The van der Waals surface area contributed by atoms with E-state index >= 15 is 0 Å². The normalized spacial score (nSPS) is 21.6. The maximum Gasteiger partial charge on any atom is 0.257 e. The molecule has 0 saturated carbocycles. The number of nitrogens with zero attached hydrogens (tertiary/aromatic N) is 2. The first-order chi connectivity index (χ1) is 16.2. The molecule has 0 saturated heterocycles. The molecule has 2 aromatic rings. The van der Waals surface area contributed by atoms with Crippen LogP contribution in [0.15, 0.2) is 48.5 Å². The summed E-state index contributed by atoms with van der Waals surface area (Å²) in [5.41, 5.74) is 1.45. The molecule has 0 spiro atoms. The predicted molar refractivity (Wildman–Crippen MR) is 130 cm³/mol. The van der Waals surface area contributed by atoms with Crippen molar-refractivity contribution in [2.24, 2.45) is 5.92 Å². The molecule has 3 amide bonds. The third kappa shape index (κ3) is 5.94. The molecule has 0 fully saturated rings. The zero-order valence-electron chi connectivity index (χ0n) is 20.4. The van der Waals surface area contributed by atoms with E-state index in [1.807, 2.05) is 32.0 Å². The fourth-order valence-electron chi connectivity index (χ4n) is 4.09. The van der Waals surface area contributed by atoms with E-state index < -0.39 is 0 Å². The molecule has 0 bridgehead atoms. The van der Waals surface area contributed by atoms with Crippen LogP contribution in [0.4, 0.5) is 5.69 Å². The molecule has 182 valence electrons. The van der Waals surface area contributed by atoms with E-state index in [-0.39, 0.29) is 42.4 Å². The minimum absolute atomic E-state index is 0.0417. The van der Waals surface area contributed by atoms with Crippen LogP contribution >= 0.6 is 0 Å². The number of benzene rings is 2. The molecule has 1 aliphatic rings. The monoisotopic (exact) mass is 467 g/mol. The Morgan fingerprint density at radius 1 is 1.09 bits per heavy atom. The van der Waals surface area contributed by atoms with Crippen LogP contribution in [-0.2, 0) is 9.53 Å². The quantitative estimate of drug-likeness (QED) is 0.748. The molecule has 34 heavy (non-hydrogen) atoms.